The molecule has 3 aromatic rings. The molecular weight excluding hydrogens is 475 g/mol. The predicted molar refractivity (Wildman–Crippen MR) is 137 cm³/mol. The Labute approximate surface area is 211 Å². The van der Waals surface area contributed by atoms with Gasteiger partial charge >= 0.3 is 0 Å². The lowest BCUT2D eigenvalue weighted by atomic mass is 9.61. The van der Waals surface area contributed by atoms with E-state index in [4.69, 9.17) is 0 Å². The van der Waals surface area contributed by atoms with Gasteiger partial charge in [0.2, 0.25) is 0 Å². The van der Waals surface area contributed by atoms with Gasteiger partial charge in [0.05, 0.1) is 33.8 Å². The molecule has 2 fully saturated rings. The molecule has 1 aromatic heterocycles. The number of halogens is 1. The minimum Gasteiger partial charge on any atom is -0.389 e. The minimum absolute atomic E-state index is 0.0635. The van der Waals surface area contributed by atoms with Gasteiger partial charge in [0.25, 0.3) is 0 Å². The lowest BCUT2D eigenvalue weighted by Gasteiger charge is -2.46. The Morgan fingerprint density at radius 3 is 2.61 bits per heavy atom. The summed E-state index contributed by atoms with van der Waals surface area (Å²) in [6, 6.07) is 13.6. The quantitative estimate of drug-likeness (QED) is 0.472. The second-order valence-electron chi connectivity index (χ2n) is 10.6. The molecule has 0 saturated heterocycles. The smallest absolute Gasteiger partial charge is 0.178 e. The number of rotatable bonds is 7. The number of aromatic nitrogens is 2. The van der Waals surface area contributed by atoms with Crippen LogP contribution in [0.1, 0.15) is 55.8 Å². The number of hydrogen-bond donors (Lipinski definition) is 1. The maximum atomic E-state index is 13.5. The molecule has 6 rings (SSSR count). The Balaban J connectivity index is 1.35. The zero-order valence-electron chi connectivity index (χ0n) is 20.5. The average molecular weight is 507 g/mol. The molecule has 5 nitrogen and oxygen atoms in total. The Bertz CT molecular complexity index is 1460. The van der Waals surface area contributed by atoms with Crippen LogP contribution in [0.4, 0.5) is 4.39 Å². The van der Waals surface area contributed by atoms with Crippen molar-refractivity contribution < 1.29 is 17.9 Å². The number of nitrogens with zero attached hydrogens (tertiary/aromatic N) is 2. The molecule has 0 spiro atoms. The van der Waals surface area contributed by atoms with Gasteiger partial charge in [0.1, 0.15) is 5.82 Å². The first kappa shape index (κ1) is 23.6. The molecule has 0 aliphatic heterocycles. The van der Waals surface area contributed by atoms with Gasteiger partial charge in [-0.1, -0.05) is 30.7 Å². The van der Waals surface area contributed by atoms with Crippen LogP contribution >= 0.6 is 0 Å². The highest BCUT2D eigenvalue weighted by Crippen LogP contribution is 2.66. The van der Waals surface area contributed by atoms with Crippen LogP contribution in [0.5, 0.6) is 0 Å². The van der Waals surface area contributed by atoms with E-state index in [1.165, 1.54) is 17.7 Å². The summed E-state index contributed by atoms with van der Waals surface area (Å²) in [5.41, 5.74) is 3.75. The first-order valence-corrected chi connectivity index (χ1v) is 14.5. The summed E-state index contributed by atoms with van der Waals surface area (Å²) >= 11 is 0. The summed E-state index contributed by atoms with van der Waals surface area (Å²) < 4.78 is 40.7. The van der Waals surface area contributed by atoms with E-state index >= 15 is 0 Å². The highest BCUT2D eigenvalue weighted by molar-refractivity contribution is 7.91. The predicted octanol–water partition coefficient (Wildman–Crippen LogP) is 5.30. The van der Waals surface area contributed by atoms with E-state index in [1.54, 1.807) is 31.2 Å². The molecule has 1 heterocycles. The summed E-state index contributed by atoms with van der Waals surface area (Å²) in [4.78, 5) is 0.386. The first-order valence-electron chi connectivity index (χ1n) is 12.8. The zero-order valence-corrected chi connectivity index (χ0v) is 21.3. The number of hydrogen-bond acceptors (Lipinski definition) is 4. The van der Waals surface area contributed by atoms with E-state index in [0.717, 1.165) is 48.2 Å². The van der Waals surface area contributed by atoms with E-state index in [-0.39, 0.29) is 17.0 Å². The van der Waals surface area contributed by atoms with E-state index < -0.39 is 15.4 Å². The standard InChI is InChI=1S/C29H31FN2O3S/c1-2-36(34,35)27-6-4-3-5-20(27)13-15-28(33)16-14-23-17-26-21(18-29(23,28)22-7-8-22)19-31-32(26)25-11-9-24(30)10-12-25/h3-6,9-12,17,19,22,33H,2,7-8,13-16,18H2,1H3/t28-,29+/m0/s1. The van der Waals surface area contributed by atoms with Crippen molar-refractivity contribution >= 4 is 15.9 Å². The molecule has 3 aliphatic rings. The van der Waals surface area contributed by atoms with Gasteiger partial charge in [-0.2, -0.15) is 5.10 Å². The largest absolute Gasteiger partial charge is 0.389 e. The normalized spacial score (nSPS) is 25.4. The van der Waals surface area contributed by atoms with Crippen LogP contribution in [-0.4, -0.2) is 34.7 Å². The van der Waals surface area contributed by atoms with Crippen LogP contribution in [0.25, 0.3) is 11.8 Å². The third kappa shape index (κ3) is 3.58. The highest BCUT2D eigenvalue weighted by atomic mass is 32.2. The number of fused-ring (bicyclic) bond motifs is 2. The van der Waals surface area contributed by atoms with Gasteiger partial charge in [-0.25, -0.2) is 17.5 Å². The fraction of sp³-hybridized carbons (Fsp3) is 0.414. The van der Waals surface area contributed by atoms with E-state index in [2.05, 4.69) is 11.2 Å². The second-order valence-corrected chi connectivity index (χ2v) is 12.8. The highest BCUT2D eigenvalue weighted by Gasteiger charge is 2.63. The Hall–Kier alpha value is -2.77. The lowest BCUT2D eigenvalue weighted by molar-refractivity contribution is -0.0661. The van der Waals surface area contributed by atoms with Crippen LogP contribution in [0.2, 0.25) is 0 Å². The summed E-state index contributed by atoms with van der Waals surface area (Å²) in [7, 11) is -3.33. The molecule has 0 radical (unpaired) electrons. The number of aliphatic hydroxyl groups is 1. The first-order chi connectivity index (χ1) is 17.3. The molecule has 0 amide bonds. The molecule has 188 valence electrons. The van der Waals surface area contributed by atoms with Gasteiger partial charge in [0.15, 0.2) is 9.84 Å². The van der Waals surface area contributed by atoms with Gasteiger partial charge in [-0.05, 0) is 98.4 Å². The van der Waals surface area contributed by atoms with Gasteiger partial charge < -0.3 is 5.11 Å². The summed E-state index contributed by atoms with van der Waals surface area (Å²) in [6.45, 7) is 1.67. The van der Waals surface area contributed by atoms with Crippen LogP contribution in [0.3, 0.4) is 0 Å². The number of sulfone groups is 1. The SMILES string of the molecule is CCS(=O)(=O)c1ccccc1CC[C@]1(O)CCC2=Cc3c(cnn3-c3ccc(F)cc3)C[C@@]21C1CC1. The van der Waals surface area contributed by atoms with Crippen LogP contribution < -0.4 is 0 Å². The molecule has 3 aliphatic carbocycles. The molecule has 0 bridgehead atoms. The molecule has 1 N–H and O–H groups in total. The van der Waals surface area contributed by atoms with Crippen molar-refractivity contribution in [1.29, 1.82) is 0 Å². The van der Waals surface area contributed by atoms with Crippen molar-refractivity contribution in [2.45, 2.75) is 62.4 Å². The van der Waals surface area contributed by atoms with Crippen molar-refractivity contribution in [3.8, 4) is 5.69 Å². The van der Waals surface area contributed by atoms with Crippen LogP contribution in [0.15, 0.2) is 65.2 Å². The van der Waals surface area contributed by atoms with Crippen molar-refractivity contribution in [2.24, 2.45) is 11.3 Å². The third-order valence-corrected chi connectivity index (χ3v) is 10.5. The number of benzene rings is 2. The maximum Gasteiger partial charge on any atom is 0.178 e. The Kier molecular flexibility index (Phi) is 5.50. The van der Waals surface area contributed by atoms with E-state index in [9.17, 15) is 17.9 Å². The summed E-state index contributed by atoms with van der Waals surface area (Å²) in [5, 5.41) is 16.9. The Morgan fingerprint density at radius 1 is 1.14 bits per heavy atom. The van der Waals surface area contributed by atoms with Crippen molar-refractivity contribution in [1.82, 2.24) is 9.78 Å². The van der Waals surface area contributed by atoms with Crippen molar-refractivity contribution in [3.63, 3.8) is 0 Å². The molecule has 36 heavy (non-hydrogen) atoms. The van der Waals surface area contributed by atoms with Crippen LogP contribution in [0, 0.1) is 17.2 Å². The topological polar surface area (TPSA) is 72.2 Å². The molecular formula is C29H31FN2O3S. The van der Waals surface area contributed by atoms with Crippen LogP contribution in [-0.2, 0) is 22.7 Å². The minimum atomic E-state index is -3.33. The Morgan fingerprint density at radius 2 is 1.89 bits per heavy atom. The fourth-order valence-electron chi connectivity index (χ4n) is 6.72. The van der Waals surface area contributed by atoms with Gasteiger partial charge in [-0.15, -0.1) is 0 Å². The molecule has 2 saturated carbocycles. The van der Waals surface area contributed by atoms with Gasteiger partial charge in [-0.3, -0.25) is 0 Å². The van der Waals surface area contributed by atoms with Crippen molar-refractivity contribution in [2.75, 3.05) is 5.75 Å². The maximum absolute atomic E-state index is 13.5. The van der Waals surface area contributed by atoms with Gasteiger partial charge in [0, 0.05) is 5.41 Å². The monoisotopic (exact) mass is 506 g/mol. The average Bonchev–Trinajstić information content (AvgIpc) is 3.60. The fourth-order valence-corrected chi connectivity index (χ4v) is 7.89. The summed E-state index contributed by atoms with van der Waals surface area (Å²) in [5.74, 6) is 0.210. The van der Waals surface area contributed by atoms with E-state index in [0.29, 0.717) is 30.1 Å². The molecule has 2 aromatic carbocycles. The third-order valence-electron chi connectivity index (χ3n) is 8.72. The second kappa shape index (κ2) is 8.38. The van der Waals surface area contributed by atoms with Crippen molar-refractivity contribution in [3.05, 3.63) is 82.9 Å². The summed E-state index contributed by atoms with van der Waals surface area (Å²) in [6.07, 6.45) is 9.56. The lowest BCUT2D eigenvalue weighted by Crippen LogP contribution is -2.49. The molecule has 7 heteroatoms. The zero-order chi connectivity index (χ0) is 25.1. The molecule has 2 atom stereocenters. The molecule has 0 unspecified atom stereocenters. The number of aryl methyl sites for hydroxylation is 1. The van der Waals surface area contributed by atoms with E-state index in [1.807, 2.05) is 23.0 Å².